The Bertz CT molecular complexity index is 1690. The fourth-order valence-electron chi connectivity index (χ4n) is 4.41. The zero-order valence-electron chi connectivity index (χ0n) is 21.6. The van der Waals surface area contributed by atoms with E-state index in [1.165, 1.54) is 12.1 Å². The molecule has 2 aromatic carbocycles. The molecule has 39 heavy (non-hydrogen) atoms. The molecule has 0 unspecified atom stereocenters. The summed E-state index contributed by atoms with van der Waals surface area (Å²) in [6.07, 6.45) is 3.52. The smallest absolute Gasteiger partial charge is 0.321 e. The number of carbonyl (C=O) groups excluding carboxylic acids is 2. The predicted molar refractivity (Wildman–Crippen MR) is 146 cm³/mol. The minimum absolute atomic E-state index is 0.125. The first-order chi connectivity index (χ1) is 18.7. The first-order valence-corrected chi connectivity index (χ1v) is 12.4. The molecule has 5 aromatic rings. The average molecular weight is 530 g/mol. The van der Waals surface area contributed by atoms with E-state index in [1.807, 2.05) is 48.9 Å². The number of benzene rings is 2. The number of hydrogen-bond donors (Lipinski definition) is 4. The highest BCUT2D eigenvalue weighted by atomic mass is 19.1. The summed E-state index contributed by atoms with van der Waals surface area (Å²) in [4.78, 5) is 29.7. The largest absolute Gasteiger partial charge is 0.394 e. The Morgan fingerprint density at radius 3 is 2.62 bits per heavy atom. The van der Waals surface area contributed by atoms with E-state index in [-0.39, 0.29) is 30.3 Å². The molecule has 2 atom stereocenters. The molecule has 3 aromatic heterocycles. The van der Waals surface area contributed by atoms with Gasteiger partial charge in [-0.1, -0.05) is 18.2 Å². The third-order valence-corrected chi connectivity index (χ3v) is 6.48. The number of fused-ring (bicyclic) bond motifs is 2. The molecule has 0 bridgehead atoms. The highest BCUT2D eigenvalue weighted by Crippen LogP contribution is 2.29. The fourth-order valence-corrected chi connectivity index (χ4v) is 4.41. The first-order valence-electron chi connectivity index (χ1n) is 12.4. The molecule has 0 saturated heterocycles. The van der Waals surface area contributed by atoms with Crippen LogP contribution in [0.2, 0.25) is 0 Å². The number of aromatic nitrogens is 4. The summed E-state index contributed by atoms with van der Waals surface area (Å²) in [6.45, 7) is 3.31. The number of amides is 3. The molecule has 0 aliphatic heterocycles. The number of rotatable bonds is 7. The minimum atomic E-state index is -0.514. The Morgan fingerprint density at radius 1 is 1.05 bits per heavy atom. The monoisotopic (exact) mass is 529 g/mol. The predicted octanol–water partition coefficient (Wildman–Crippen LogP) is 4.02. The number of carbonyl (C=O) groups is 2. The highest BCUT2D eigenvalue weighted by molar-refractivity contribution is 6.08. The van der Waals surface area contributed by atoms with Gasteiger partial charge >= 0.3 is 6.03 Å². The molecule has 5 rings (SSSR count). The van der Waals surface area contributed by atoms with Crippen LogP contribution in [0, 0.1) is 5.82 Å². The molecule has 4 N–H and O–H groups in total. The van der Waals surface area contributed by atoms with Gasteiger partial charge in [0.15, 0.2) is 5.65 Å². The van der Waals surface area contributed by atoms with Gasteiger partial charge in [-0.15, -0.1) is 5.10 Å². The van der Waals surface area contributed by atoms with Crippen molar-refractivity contribution in [2.24, 2.45) is 7.05 Å². The number of aliphatic hydroxyl groups excluding tert-OH is 1. The third-order valence-electron chi connectivity index (χ3n) is 6.48. The van der Waals surface area contributed by atoms with E-state index in [2.05, 4.69) is 26.0 Å². The zero-order chi connectivity index (χ0) is 27.7. The molecule has 0 fully saturated rings. The van der Waals surface area contributed by atoms with Crippen LogP contribution in [-0.2, 0) is 7.05 Å². The lowest BCUT2D eigenvalue weighted by molar-refractivity contribution is 0.0941. The molecule has 0 aliphatic rings. The Morgan fingerprint density at radius 2 is 1.85 bits per heavy atom. The maximum atomic E-state index is 13.7. The maximum Gasteiger partial charge on any atom is 0.321 e. The summed E-state index contributed by atoms with van der Waals surface area (Å²) in [6, 6.07) is 14.4. The molecule has 3 heterocycles. The van der Waals surface area contributed by atoms with Gasteiger partial charge in [0.2, 0.25) is 0 Å². The van der Waals surface area contributed by atoms with Crippen molar-refractivity contribution in [3.05, 3.63) is 83.9 Å². The van der Waals surface area contributed by atoms with Gasteiger partial charge in [0.05, 0.1) is 24.3 Å². The second-order valence-corrected chi connectivity index (χ2v) is 9.47. The van der Waals surface area contributed by atoms with Crippen LogP contribution in [0.4, 0.5) is 15.1 Å². The van der Waals surface area contributed by atoms with Crippen molar-refractivity contribution < 1.29 is 19.1 Å². The number of hydrogen-bond acceptors (Lipinski definition) is 5. The summed E-state index contributed by atoms with van der Waals surface area (Å²) >= 11 is 0. The van der Waals surface area contributed by atoms with Crippen molar-refractivity contribution in [2.75, 3.05) is 11.9 Å². The van der Waals surface area contributed by atoms with Gasteiger partial charge in [0, 0.05) is 30.3 Å². The number of pyridine rings is 1. The molecule has 0 radical (unpaired) electrons. The van der Waals surface area contributed by atoms with E-state index in [0.717, 1.165) is 22.0 Å². The lowest BCUT2D eigenvalue weighted by Gasteiger charge is -2.14. The van der Waals surface area contributed by atoms with Crippen molar-refractivity contribution in [1.82, 2.24) is 29.8 Å². The van der Waals surface area contributed by atoms with E-state index in [0.29, 0.717) is 16.8 Å². The van der Waals surface area contributed by atoms with Crippen LogP contribution in [0.25, 0.3) is 27.7 Å². The quantitative estimate of drug-likeness (QED) is 0.253. The molecule has 11 heteroatoms. The van der Waals surface area contributed by atoms with Gasteiger partial charge in [0.1, 0.15) is 5.82 Å². The van der Waals surface area contributed by atoms with E-state index in [9.17, 15) is 14.0 Å². The Kier molecular flexibility index (Phi) is 6.99. The molecule has 3 amide bonds. The van der Waals surface area contributed by atoms with Crippen molar-refractivity contribution in [3.8, 4) is 11.1 Å². The standard InChI is InChI=1S/C28H28FN7O3/c1-16(15-37)30-28(39)33-27-32-25-13-20(9-10-36(25)34-27)19-7-8-24-22(12-19)23(14-35(24)3)26(38)31-17(2)18-5-4-6-21(29)11-18/h4-14,16-17,37H,15H2,1-3H3,(H,31,38)(H2,30,33,34,39)/t16-,17-/m0/s1. The lowest BCUT2D eigenvalue weighted by Crippen LogP contribution is -2.38. The topological polar surface area (TPSA) is 126 Å². The number of aryl methyl sites for hydroxylation is 1. The molecule has 10 nitrogen and oxygen atoms in total. The lowest BCUT2D eigenvalue weighted by atomic mass is 10.0. The second-order valence-electron chi connectivity index (χ2n) is 9.47. The van der Waals surface area contributed by atoms with Crippen LogP contribution in [-0.4, -0.2) is 48.9 Å². The van der Waals surface area contributed by atoms with Crippen molar-refractivity contribution >= 4 is 34.4 Å². The van der Waals surface area contributed by atoms with Crippen LogP contribution in [0.1, 0.15) is 35.8 Å². The van der Waals surface area contributed by atoms with Crippen LogP contribution in [0.5, 0.6) is 0 Å². The van der Waals surface area contributed by atoms with Gasteiger partial charge in [-0.3, -0.25) is 10.1 Å². The molecule has 0 spiro atoms. The van der Waals surface area contributed by atoms with Gasteiger partial charge in [-0.2, -0.15) is 4.98 Å². The number of nitrogens with zero attached hydrogens (tertiary/aromatic N) is 4. The summed E-state index contributed by atoms with van der Waals surface area (Å²) in [5.41, 5.74) is 4.32. The summed E-state index contributed by atoms with van der Waals surface area (Å²) in [5, 5.41) is 22.2. The Hall–Kier alpha value is -4.77. The van der Waals surface area contributed by atoms with Gasteiger partial charge in [-0.05, 0) is 66.9 Å². The first kappa shape index (κ1) is 25.9. The highest BCUT2D eigenvalue weighted by Gasteiger charge is 2.18. The normalized spacial score (nSPS) is 12.8. The Balaban J connectivity index is 1.41. The zero-order valence-corrected chi connectivity index (χ0v) is 21.6. The summed E-state index contributed by atoms with van der Waals surface area (Å²) < 4.78 is 17.1. The van der Waals surface area contributed by atoms with Crippen molar-refractivity contribution in [3.63, 3.8) is 0 Å². The number of aliphatic hydroxyl groups is 1. The second kappa shape index (κ2) is 10.5. The van der Waals surface area contributed by atoms with E-state index in [1.54, 1.807) is 36.0 Å². The maximum absolute atomic E-state index is 13.7. The summed E-state index contributed by atoms with van der Waals surface area (Å²) in [5.74, 6) is -0.484. The van der Waals surface area contributed by atoms with Gasteiger partial charge in [0.25, 0.3) is 11.9 Å². The fraction of sp³-hybridized carbons (Fsp3) is 0.214. The molecule has 200 valence electrons. The van der Waals surface area contributed by atoms with E-state index in [4.69, 9.17) is 5.11 Å². The van der Waals surface area contributed by atoms with Gasteiger partial charge in [-0.25, -0.2) is 13.7 Å². The van der Waals surface area contributed by atoms with E-state index >= 15 is 0 Å². The van der Waals surface area contributed by atoms with Crippen LogP contribution >= 0.6 is 0 Å². The van der Waals surface area contributed by atoms with Crippen LogP contribution in [0.3, 0.4) is 0 Å². The summed E-state index contributed by atoms with van der Waals surface area (Å²) in [7, 11) is 1.88. The Labute approximate surface area is 223 Å². The average Bonchev–Trinajstić information content (AvgIpc) is 3.47. The number of halogens is 1. The molecule has 0 saturated carbocycles. The number of nitrogens with one attached hydrogen (secondary N) is 3. The minimum Gasteiger partial charge on any atom is -0.394 e. The molecule has 0 aliphatic carbocycles. The number of anilines is 1. The van der Waals surface area contributed by atoms with Crippen LogP contribution in [0.15, 0.2) is 67.0 Å². The van der Waals surface area contributed by atoms with Crippen molar-refractivity contribution in [2.45, 2.75) is 25.9 Å². The molecular weight excluding hydrogens is 501 g/mol. The van der Waals surface area contributed by atoms with E-state index < -0.39 is 12.1 Å². The third kappa shape index (κ3) is 5.43. The number of urea groups is 1. The van der Waals surface area contributed by atoms with Crippen LogP contribution < -0.4 is 16.0 Å². The molecular formula is C28H28FN7O3. The SMILES string of the molecule is C[C@H](NC(=O)c1cn(C)c2ccc(-c3ccn4nc(NC(=O)N[C@@H](C)CO)nc4c3)cc12)c1cccc(F)c1. The van der Waals surface area contributed by atoms with Crippen molar-refractivity contribution in [1.29, 1.82) is 0 Å². The van der Waals surface area contributed by atoms with Gasteiger partial charge < -0.3 is 20.3 Å².